The van der Waals surface area contributed by atoms with Crippen molar-refractivity contribution in [2.24, 2.45) is 0 Å². The predicted molar refractivity (Wildman–Crippen MR) is 194 cm³/mol. The Labute approximate surface area is 293 Å². The molecule has 0 radical (unpaired) electrons. The third-order valence-electron chi connectivity index (χ3n) is 8.29. The molecule has 8 heteroatoms. The number of ether oxygens (including phenoxy) is 3. The minimum absolute atomic E-state index is 0.0268. The van der Waals surface area contributed by atoms with Crippen molar-refractivity contribution >= 4 is 17.9 Å². The van der Waals surface area contributed by atoms with Gasteiger partial charge in [-0.05, 0) is 44.9 Å². The molecule has 0 aliphatic heterocycles. The van der Waals surface area contributed by atoms with Gasteiger partial charge in [-0.1, -0.05) is 121 Å². The molecule has 0 aromatic carbocycles. The summed E-state index contributed by atoms with van der Waals surface area (Å²) in [7, 11) is 5.38. The maximum atomic E-state index is 12.6. The highest BCUT2D eigenvalue weighted by atomic mass is 16.6. The largest absolute Gasteiger partial charge is 0.544 e. The summed E-state index contributed by atoms with van der Waals surface area (Å²) >= 11 is 0. The molecule has 0 aromatic heterocycles. The Morgan fingerprint density at radius 2 is 1.17 bits per heavy atom. The molecule has 0 aliphatic rings. The highest BCUT2D eigenvalue weighted by molar-refractivity contribution is 5.70. The normalized spacial score (nSPS) is 13.4. The van der Waals surface area contributed by atoms with E-state index in [2.05, 4.69) is 50.3 Å². The molecule has 278 valence electrons. The van der Waals surface area contributed by atoms with Crippen molar-refractivity contribution in [3.05, 3.63) is 36.5 Å². The second-order valence-corrected chi connectivity index (χ2v) is 13.8. The summed E-state index contributed by atoms with van der Waals surface area (Å²) in [5, 5.41) is 11.6. The van der Waals surface area contributed by atoms with E-state index in [4.69, 9.17) is 14.2 Å². The van der Waals surface area contributed by atoms with E-state index in [9.17, 15) is 19.5 Å². The van der Waals surface area contributed by atoms with Gasteiger partial charge in [-0.15, -0.1) is 0 Å². The molecule has 0 heterocycles. The summed E-state index contributed by atoms with van der Waals surface area (Å²) in [4.78, 5) is 36.6. The number of hydrogen-bond acceptors (Lipinski definition) is 7. The van der Waals surface area contributed by atoms with E-state index in [1.165, 1.54) is 57.8 Å². The van der Waals surface area contributed by atoms with Crippen LogP contribution in [0, 0.1) is 0 Å². The van der Waals surface area contributed by atoms with Gasteiger partial charge in [0, 0.05) is 19.3 Å². The molecule has 48 heavy (non-hydrogen) atoms. The summed E-state index contributed by atoms with van der Waals surface area (Å²) in [5.74, 6) is -1.79. The van der Waals surface area contributed by atoms with Crippen LogP contribution in [0.15, 0.2) is 36.5 Å². The second-order valence-electron chi connectivity index (χ2n) is 13.8. The third kappa shape index (κ3) is 29.7. The lowest BCUT2D eigenvalue weighted by molar-refractivity contribution is -0.889. The van der Waals surface area contributed by atoms with Crippen LogP contribution in [0.25, 0.3) is 0 Å². The number of rotatable bonds is 33. The van der Waals surface area contributed by atoms with Crippen LogP contribution in [0.1, 0.15) is 149 Å². The molecular formula is C40H71NO7. The van der Waals surface area contributed by atoms with Crippen LogP contribution in [0.2, 0.25) is 0 Å². The smallest absolute Gasteiger partial charge is 0.306 e. The van der Waals surface area contributed by atoms with Gasteiger partial charge in [0.1, 0.15) is 12.6 Å². The van der Waals surface area contributed by atoms with Gasteiger partial charge in [0.25, 0.3) is 0 Å². The van der Waals surface area contributed by atoms with Gasteiger partial charge >= 0.3 is 11.9 Å². The minimum Gasteiger partial charge on any atom is -0.544 e. The van der Waals surface area contributed by atoms with Crippen molar-refractivity contribution in [2.45, 2.75) is 161 Å². The number of likely N-dealkylation sites (N-methyl/N-ethyl adjacent to an activating group) is 1. The lowest BCUT2D eigenvalue weighted by Gasteiger charge is -2.34. The highest BCUT2D eigenvalue weighted by Crippen LogP contribution is 2.13. The number of hydrogen-bond donors (Lipinski definition) is 0. The number of unbranched alkanes of at least 4 members (excludes halogenated alkanes) is 13. The van der Waals surface area contributed by atoms with Crippen LogP contribution in [0.3, 0.4) is 0 Å². The molecular weight excluding hydrogens is 606 g/mol. The molecule has 0 bridgehead atoms. The average molecular weight is 678 g/mol. The number of nitrogens with zero attached hydrogens (tertiary/aromatic N) is 1. The first-order valence-electron chi connectivity index (χ1n) is 19.0. The molecule has 0 amide bonds. The maximum Gasteiger partial charge on any atom is 0.306 e. The number of esters is 2. The fourth-order valence-corrected chi connectivity index (χ4v) is 5.32. The molecule has 0 aromatic rings. The fraction of sp³-hybridized carbons (Fsp3) is 0.775. The van der Waals surface area contributed by atoms with Gasteiger partial charge in [-0.25, -0.2) is 0 Å². The van der Waals surface area contributed by atoms with Gasteiger partial charge in [0.15, 0.2) is 6.10 Å². The lowest BCUT2D eigenvalue weighted by Crippen LogP contribution is -2.55. The number of carboxylic acid groups (broad SMARTS) is 1. The van der Waals surface area contributed by atoms with Crippen LogP contribution < -0.4 is 5.11 Å². The zero-order chi connectivity index (χ0) is 35.7. The molecule has 2 unspecified atom stereocenters. The van der Waals surface area contributed by atoms with Crippen LogP contribution >= 0.6 is 0 Å². The van der Waals surface area contributed by atoms with E-state index in [-0.39, 0.29) is 49.1 Å². The first-order valence-corrected chi connectivity index (χ1v) is 19.0. The van der Waals surface area contributed by atoms with Crippen molar-refractivity contribution in [3.8, 4) is 0 Å². The Balaban J connectivity index is 4.48. The van der Waals surface area contributed by atoms with Gasteiger partial charge in [0.05, 0.1) is 40.3 Å². The van der Waals surface area contributed by atoms with E-state index in [1.807, 2.05) is 0 Å². The Hall–Kier alpha value is -2.45. The van der Waals surface area contributed by atoms with E-state index >= 15 is 0 Å². The molecule has 0 N–H and O–H groups in total. The number of quaternary nitrogens is 1. The molecule has 0 aliphatic carbocycles. The summed E-state index contributed by atoms with van der Waals surface area (Å²) < 4.78 is 17.0. The summed E-state index contributed by atoms with van der Waals surface area (Å²) in [6, 6.07) is -0.729. The topological polar surface area (TPSA) is 102 Å². The van der Waals surface area contributed by atoms with E-state index in [0.717, 1.165) is 51.4 Å². The van der Waals surface area contributed by atoms with Gasteiger partial charge in [-0.2, -0.15) is 0 Å². The number of carboxylic acids is 1. The van der Waals surface area contributed by atoms with Crippen molar-refractivity contribution in [1.82, 2.24) is 0 Å². The number of aliphatic carboxylic acids is 1. The van der Waals surface area contributed by atoms with Crippen molar-refractivity contribution < 1.29 is 38.2 Å². The molecule has 0 spiro atoms. The third-order valence-corrected chi connectivity index (χ3v) is 8.29. The maximum absolute atomic E-state index is 12.6. The van der Waals surface area contributed by atoms with E-state index in [1.54, 1.807) is 21.1 Å². The Morgan fingerprint density at radius 3 is 1.73 bits per heavy atom. The Bertz CT molecular complexity index is 891. The van der Waals surface area contributed by atoms with Gasteiger partial charge in [0.2, 0.25) is 0 Å². The second kappa shape index (κ2) is 31.8. The first kappa shape index (κ1) is 45.6. The summed E-state index contributed by atoms with van der Waals surface area (Å²) in [6.45, 7) is 4.48. The average Bonchev–Trinajstić information content (AvgIpc) is 3.03. The summed E-state index contributed by atoms with van der Waals surface area (Å²) in [6.07, 6.45) is 33.1. The van der Waals surface area contributed by atoms with Gasteiger partial charge in [-0.3, -0.25) is 9.59 Å². The molecule has 0 saturated heterocycles. The first-order chi connectivity index (χ1) is 23.1. The van der Waals surface area contributed by atoms with Crippen LogP contribution in [0.5, 0.6) is 0 Å². The molecule has 0 fully saturated rings. The predicted octanol–water partition coefficient (Wildman–Crippen LogP) is 8.18. The Kier molecular flexibility index (Phi) is 30.2. The highest BCUT2D eigenvalue weighted by Gasteiger charge is 2.25. The zero-order valence-electron chi connectivity index (χ0n) is 31.4. The summed E-state index contributed by atoms with van der Waals surface area (Å²) in [5.41, 5.74) is 0. The zero-order valence-corrected chi connectivity index (χ0v) is 31.4. The SMILES string of the molecule is CC/C=C/C/C=C/C/C=C/CCCCC(=O)OC(COCCC(C(=O)[O-])[N+](C)(C)C)COC(=O)CCCCCCCCCCCCCC. The van der Waals surface area contributed by atoms with Crippen LogP contribution in [-0.4, -0.2) is 75.5 Å². The number of carbonyl (C=O) groups is 3. The monoisotopic (exact) mass is 678 g/mol. The number of carbonyl (C=O) groups excluding carboxylic acids is 3. The molecule has 2 atom stereocenters. The molecule has 8 nitrogen and oxygen atoms in total. The van der Waals surface area contributed by atoms with Crippen molar-refractivity contribution in [1.29, 1.82) is 0 Å². The molecule has 0 saturated carbocycles. The van der Waals surface area contributed by atoms with Crippen LogP contribution in [0.4, 0.5) is 0 Å². The van der Waals surface area contributed by atoms with E-state index < -0.39 is 18.1 Å². The Morgan fingerprint density at radius 1 is 0.646 bits per heavy atom. The number of allylic oxidation sites excluding steroid dienone is 6. The standard InChI is InChI=1S/C40H71NO7/c1-6-8-10-12-14-16-18-20-22-24-26-28-30-38(42)47-35-36(34-46-33-32-37(40(44)45)41(3,4)5)48-39(43)31-29-27-25-23-21-19-17-15-13-11-9-7-2/h9,11,15,17,21,23,36-37H,6-8,10,12-14,16,18-20,22,24-35H2,1-5H3/b11-9+,17-15+,23-21+. The minimum atomic E-state index is -1.13. The lowest BCUT2D eigenvalue weighted by atomic mass is 10.0. The quantitative estimate of drug-likeness (QED) is 0.0299. The van der Waals surface area contributed by atoms with E-state index in [0.29, 0.717) is 12.8 Å². The fourth-order valence-electron chi connectivity index (χ4n) is 5.32. The van der Waals surface area contributed by atoms with Crippen molar-refractivity contribution in [2.75, 3.05) is 41.0 Å². The van der Waals surface area contributed by atoms with Crippen molar-refractivity contribution in [3.63, 3.8) is 0 Å². The molecule has 0 rings (SSSR count). The van der Waals surface area contributed by atoms with Gasteiger partial charge < -0.3 is 28.6 Å². The van der Waals surface area contributed by atoms with Crippen LogP contribution in [-0.2, 0) is 28.6 Å².